The molecular formula is C15H13BF. The average molecular weight is 223 g/mol. The van der Waals surface area contributed by atoms with Gasteiger partial charge in [0.15, 0.2) is 7.28 Å². The van der Waals surface area contributed by atoms with Crippen LogP contribution in [0.4, 0.5) is 4.39 Å². The van der Waals surface area contributed by atoms with Gasteiger partial charge in [0.05, 0.1) is 0 Å². The minimum atomic E-state index is -0.178. The van der Waals surface area contributed by atoms with Crippen LogP contribution in [0.5, 0.6) is 0 Å². The fourth-order valence-corrected chi connectivity index (χ4v) is 1.64. The molecule has 2 aromatic rings. The maximum Gasteiger partial charge on any atom is 0.152 e. The van der Waals surface area contributed by atoms with Gasteiger partial charge in [0.2, 0.25) is 0 Å². The first kappa shape index (κ1) is 11.7. The summed E-state index contributed by atoms with van der Waals surface area (Å²) < 4.78 is 13.5. The summed E-state index contributed by atoms with van der Waals surface area (Å²) in [6, 6.07) is 15.2. The molecule has 17 heavy (non-hydrogen) atoms. The molecule has 0 heterocycles. The Labute approximate surface area is 102 Å². The highest BCUT2D eigenvalue weighted by Crippen LogP contribution is 2.08. The van der Waals surface area contributed by atoms with E-state index in [1.54, 1.807) is 19.4 Å². The molecular weight excluding hydrogens is 210 g/mol. The molecule has 0 fully saturated rings. The van der Waals surface area contributed by atoms with Gasteiger partial charge < -0.3 is 0 Å². The van der Waals surface area contributed by atoms with Gasteiger partial charge in [-0.15, -0.1) is 0 Å². The Bertz CT molecular complexity index is 518. The van der Waals surface area contributed by atoms with Gasteiger partial charge in [-0.2, -0.15) is 0 Å². The van der Waals surface area contributed by atoms with E-state index < -0.39 is 0 Å². The van der Waals surface area contributed by atoms with Crippen LogP contribution < -0.4 is 5.46 Å². The molecule has 0 bridgehead atoms. The van der Waals surface area contributed by atoms with E-state index in [1.807, 2.05) is 55.4 Å². The highest BCUT2D eigenvalue weighted by Gasteiger charge is 1.99. The van der Waals surface area contributed by atoms with E-state index in [0.29, 0.717) is 5.46 Å². The maximum atomic E-state index is 13.5. The summed E-state index contributed by atoms with van der Waals surface area (Å²) >= 11 is 0. The van der Waals surface area contributed by atoms with Crippen LogP contribution in [-0.2, 0) is 0 Å². The van der Waals surface area contributed by atoms with E-state index >= 15 is 0 Å². The number of hydrogen-bond donors (Lipinski definition) is 0. The van der Waals surface area contributed by atoms with E-state index in [4.69, 9.17) is 0 Å². The van der Waals surface area contributed by atoms with E-state index in [2.05, 4.69) is 0 Å². The molecule has 0 spiro atoms. The molecule has 0 aromatic heterocycles. The lowest BCUT2D eigenvalue weighted by Crippen LogP contribution is -2.14. The van der Waals surface area contributed by atoms with E-state index in [1.165, 1.54) is 0 Å². The highest BCUT2D eigenvalue weighted by molar-refractivity contribution is 6.52. The van der Waals surface area contributed by atoms with Crippen LogP contribution in [0.3, 0.4) is 0 Å². The smallest absolute Gasteiger partial charge is 0.152 e. The number of rotatable bonds is 3. The molecule has 2 aromatic carbocycles. The predicted octanol–water partition coefficient (Wildman–Crippen LogP) is 3.37. The van der Waals surface area contributed by atoms with Gasteiger partial charge in [0.1, 0.15) is 5.82 Å². The van der Waals surface area contributed by atoms with Gasteiger partial charge >= 0.3 is 0 Å². The second-order valence-corrected chi connectivity index (χ2v) is 3.81. The van der Waals surface area contributed by atoms with Gasteiger partial charge in [-0.1, -0.05) is 66.9 Å². The largest absolute Gasteiger partial charge is 0.208 e. The summed E-state index contributed by atoms with van der Waals surface area (Å²) in [5.74, 6) is -0.178. The molecule has 2 rings (SSSR count). The molecule has 0 unspecified atom stereocenters. The standard InChI is InChI=1S/C15H13BF/c1-16-14-10-9-13(11-15(14)17)8-7-12-5-3-2-4-6-12/h2-11H,1H3. The Morgan fingerprint density at radius 3 is 2.29 bits per heavy atom. The molecule has 0 saturated heterocycles. The summed E-state index contributed by atoms with van der Waals surface area (Å²) in [6.45, 7) is 1.83. The molecule has 0 atom stereocenters. The number of halogens is 1. The predicted molar refractivity (Wildman–Crippen MR) is 73.0 cm³/mol. The minimum Gasteiger partial charge on any atom is -0.208 e. The zero-order valence-corrected chi connectivity index (χ0v) is 9.73. The highest BCUT2D eigenvalue weighted by atomic mass is 19.1. The average Bonchev–Trinajstić information content (AvgIpc) is 2.38. The Morgan fingerprint density at radius 2 is 1.65 bits per heavy atom. The van der Waals surface area contributed by atoms with Crippen LogP contribution in [-0.4, -0.2) is 7.28 Å². The van der Waals surface area contributed by atoms with Crippen molar-refractivity contribution in [1.82, 2.24) is 0 Å². The van der Waals surface area contributed by atoms with E-state index in [9.17, 15) is 4.39 Å². The van der Waals surface area contributed by atoms with Crippen molar-refractivity contribution in [3.8, 4) is 0 Å². The summed E-state index contributed by atoms with van der Waals surface area (Å²) in [6.07, 6.45) is 3.89. The zero-order chi connectivity index (χ0) is 12.1. The van der Waals surface area contributed by atoms with Crippen LogP contribution >= 0.6 is 0 Å². The van der Waals surface area contributed by atoms with Crippen molar-refractivity contribution in [2.24, 2.45) is 0 Å². The van der Waals surface area contributed by atoms with Crippen molar-refractivity contribution in [1.29, 1.82) is 0 Å². The molecule has 1 radical (unpaired) electrons. The van der Waals surface area contributed by atoms with Crippen molar-refractivity contribution >= 4 is 24.9 Å². The Hall–Kier alpha value is -1.83. The maximum absolute atomic E-state index is 13.5. The molecule has 83 valence electrons. The summed E-state index contributed by atoms with van der Waals surface area (Å²) in [7, 11) is 1.76. The molecule has 0 nitrogen and oxygen atoms in total. The zero-order valence-electron chi connectivity index (χ0n) is 9.73. The normalized spacial score (nSPS) is 10.7. The van der Waals surface area contributed by atoms with Crippen molar-refractivity contribution in [3.05, 3.63) is 65.5 Å². The monoisotopic (exact) mass is 223 g/mol. The van der Waals surface area contributed by atoms with Gasteiger partial charge in [0, 0.05) is 0 Å². The van der Waals surface area contributed by atoms with Crippen molar-refractivity contribution < 1.29 is 4.39 Å². The third kappa shape index (κ3) is 3.07. The third-order valence-corrected chi connectivity index (χ3v) is 2.60. The van der Waals surface area contributed by atoms with Crippen molar-refractivity contribution in [2.75, 3.05) is 0 Å². The quantitative estimate of drug-likeness (QED) is 0.552. The SMILES string of the molecule is C[B]c1ccc(C=Cc2ccccc2)cc1F. The van der Waals surface area contributed by atoms with Crippen LogP contribution in [0.2, 0.25) is 6.82 Å². The van der Waals surface area contributed by atoms with Gasteiger partial charge in [0.25, 0.3) is 0 Å². The fraction of sp³-hybridized carbons (Fsp3) is 0.0667. The van der Waals surface area contributed by atoms with Crippen molar-refractivity contribution in [2.45, 2.75) is 6.82 Å². The first-order valence-electron chi connectivity index (χ1n) is 5.61. The first-order valence-corrected chi connectivity index (χ1v) is 5.61. The molecule has 0 saturated carbocycles. The van der Waals surface area contributed by atoms with E-state index in [-0.39, 0.29) is 5.82 Å². The fourth-order valence-electron chi connectivity index (χ4n) is 1.64. The summed E-state index contributed by atoms with van der Waals surface area (Å²) in [4.78, 5) is 0. The summed E-state index contributed by atoms with van der Waals surface area (Å²) in [5, 5.41) is 0. The second kappa shape index (κ2) is 5.49. The molecule has 0 aliphatic carbocycles. The molecule has 0 N–H and O–H groups in total. The molecule has 0 aliphatic rings. The second-order valence-electron chi connectivity index (χ2n) is 3.81. The van der Waals surface area contributed by atoms with Crippen LogP contribution in [0.1, 0.15) is 11.1 Å². The lowest BCUT2D eigenvalue weighted by atomic mass is 9.73. The Balaban J connectivity index is 2.19. The number of benzene rings is 2. The molecule has 0 aliphatic heterocycles. The number of hydrogen-bond acceptors (Lipinski definition) is 0. The summed E-state index contributed by atoms with van der Waals surface area (Å²) in [5.41, 5.74) is 2.62. The van der Waals surface area contributed by atoms with E-state index in [0.717, 1.165) is 11.1 Å². The Morgan fingerprint density at radius 1 is 0.941 bits per heavy atom. The lowest BCUT2D eigenvalue weighted by molar-refractivity contribution is 0.635. The van der Waals surface area contributed by atoms with Gasteiger partial charge in [-0.05, 0) is 17.2 Å². The lowest BCUT2D eigenvalue weighted by Gasteiger charge is -2.00. The molecule has 2 heteroatoms. The van der Waals surface area contributed by atoms with Gasteiger partial charge in [-0.3, -0.25) is 0 Å². The van der Waals surface area contributed by atoms with Crippen LogP contribution in [0.15, 0.2) is 48.5 Å². The molecule has 0 amide bonds. The third-order valence-electron chi connectivity index (χ3n) is 2.60. The topological polar surface area (TPSA) is 0 Å². The van der Waals surface area contributed by atoms with Crippen LogP contribution in [0.25, 0.3) is 12.2 Å². The van der Waals surface area contributed by atoms with Crippen molar-refractivity contribution in [3.63, 3.8) is 0 Å². The first-order chi connectivity index (χ1) is 8.29. The Kier molecular flexibility index (Phi) is 3.76. The van der Waals surface area contributed by atoms with Gasteiger partial charge in [-0.25, -0.2) is 4.39 Å². The minimum absolute atomic E-state index is 0.178. The van der Waals surface area contributed by atoms with Crippen LogP contribution in [0, 0.1) is 5.82 Å².